The van der Waals surface area contributed by atoms with Crippen LogP contribution in [0.1, 0.15) is 15.9 Å². The highest BCUT2D eigenvalue weighted by atomic mass is 79.9. The minimum absolute atomic E-state index is 0.102. The van der Waals surface area contributed by atoms with E-state index in [0.717, 1.165) is 20.6 Å². The molecule has 0 aliphatic rings. The number of thioether (sulfide) groups is 1. The highest BCUT2D eigenvalue weighted by Crippen LogP contribution is 2.21. The largest absolute Gasteiger partial charge is 0.325 e. The molecule has 0 fully saturated rings. The smallest absolute Gasteiger partial charge is 0.272 e. The van der Waals surface area contributed by atoms with Crippen molar-refractivity contribution in [2.45, 2.75) is 4.90 Å². The van der Waals surface area contributed by atoms with Gasteiger partial charge in [0.2, 0.25) is 5.91 Å². The molecule has 3 amide bonds. The molecular formula is C30H24BrN3O3S. The minimum Gasteiger partial charge on any atom is -0.325 e. The van der Waals surface area contributed by atoms with Crippen LogP contribution in [0.2, 0.25) is 0 Å². The Kier molecular flexibility index (Phi) is 9.50. The number of para-hydroxylation sites is 1. The molecule has 0 saturated heterocycles. The van der Waals surface area contributed by atoms with Gasteiger partial charge in [0.15, 0.2) is 0 Å². The lowest BCUT2D eigenvalue weighted by atomic mass is 10.1. The molecule has 4 rings (SSSR count). The number of amides is 3. The molecule has 0 atom stereocenters. The summed E-state index contributed by atoms with van der Waals surface area (Å²) in [6.07, 6.45) is 1.62. The van der Waals surface area contributed by atoms with Crippen molar-refractivity contribution in [2.24, 2.45) is 0 Å². The first-order valence-electron chi connectivity index (χ1n) is 11.7. The minimum atomic E-state index is -0.461. The second-order valence-corrected chi connectivity index (χ2v) is 10.1. The highest BCUT2D eigenvalue weighted by Gasteiger charge is 2.15. The molecule has 3 N–H and O–H groups in total. The van der Waals surface area contributed by atoms with E-state index in [2.05, 4.69) is 31.9 Å². The summed E-state index contributed by atoms with van der Waals surface area (Å²) in [5, 5.41) is 8.42. The average Bonchev–Trinajstić information content (AvgIpc) is 2.93. The van der Waals surface area contributed by atoms with Crippen molar-refractivity contribution in [2.75, 3.05) is 16.4 Å². The van der Waals surface area contributed by atoms with Gasteiger partial charge in [0.05, 0.1) is 5.75 Å². The molecule has 0 aliphatic carbocycles. The Morgan fingerprint density at radius 2 is 1.39 bits per heavy atom. The number of nitrogens with one attached hydrogen (secondary N) is 3. The van der Waals surface area contributed by atoms with Gasteiger partial charge in [0.25, 0.3) is 11.8 Å². The van der Waals surface area contributed by atoms with Gasteiger partial charge in [-0.2, -0.15) is 0 Å². The van der Waals surface area contributed by atoms with E-state index in [9.17, 15) is 14.4 Å². The van der Waals surface area contributed by atoms with E-state index in [-0.39, 0.29) is 23.3 Å². The molecule has 190 valence electrons. The van der Waals surface area contributed by atoms with Gasteiger partial charge in [-0.15, -0.1) is 11.8 Å². The number of hydrogen-bond donors (Lipinski definition) is 3. The second kappa shape index (κ2) is 13.4. The lowest BCUT2D eigenvalue weighted by molar-refractivity contribution is -0.114. The zero-order valence-corrected chi connectivity index (χ0v) is 22.6. The summed E-state index contributed by atoms with van der Waals surface area (Å²) in [6, 6.07) is 32.6. The summed E-state index contributed by atoms with van der Waals surface area (Å²) in [6.45, 7) is 0. The molecule has 8 heteroatoms. The number of halogens is 1. The zero-order chi connectivity index (χ0) is 26.7. The van der Waals surface area contributed by atoms with Gasteiger partial charge in [-0.05, 0) is 72.3 Å². The summed E-state index contributed by atoms with van der Waals surface area (Å²) in [7, 11) is 0. The van der Waals surface area contributed by atoms with Crippen molar-refractivity contribution in [3.63, 3.8) is 0 Å². The first-order chi connectivity index (χ1) is 18.5. The summed E-state index contributed by atoms with van der Waals surface area (Å²) in [5.74, 6) is -0.694. The lowest BCUT2D eigenvalue weighted by Crippen LogP contribution is -2.30. The Bertz CT molecular complexity index is 1440. The Morgan fingerprint density at radius 3 is 2.08 bits per heavy atom. The predicted octanol–water partition coefficient (Wildman–Crippen LogP) is 6.59. The number of carbonyl (C=O) groups excluding carboxylic acids is 3. The second-order valence-electron chi connectivity index (χ2n) is 8.11. The maximum absolute atomic E-state index is 13.2. The topological polar surface area (TPSA) is 87.3 Å². The van der Waals surface area contributed by atoms with E-state index in [1.54, 1.807) is 42.5 Å². The molecule has 0 aromatic heterocycles. The van der Waals surface area contributed by atoms with E-state index >= 15 is 0 Å². The third kappa shape index (κ3) is 8.19. The molecule has 38 heavy (non-hydrogen) atoms. The normalized spacial score (nSPS) is 10.9. The fraction of sp³-hybridized carbons (Fsp3) is 0.0333. The van der Waals surface area contributed by atoms with Crippen LogP contribution >= 0.6 is 27.7 Å². The van der Waals surface area contributed by atoms with Crippen molar-refractivity contribution in [3.05, 3.63) is 130 Å². The molecule has 0 unspecified atom stereocenters. The van der Waals surface area contributed by atoms with Crippen LogP contribution in [-0.2, 0) is 9.59 Å². The number of hydrogen-bond acceptors (Lipinski definition) is 4. The molecule has 4 aromatic carbocycles. The van der Waals surface area contributed by atoms with Crippen molar-refractivity contribution >= 4 is 62.9 Å². The van der Waals surface area contributed by atoms with E-state index in [1.165, 1.54) is 11.8 Å². The summed E-state index contributed by atoms with van der Waals surface area (Å²) in [4.78, 5) is 39.0. The first-order valence-corrected chi connectivity index (χ1v) is 13.5. The third-order valence-corrected chi connectivity index (χ3v) is 6.73. The molecule has 0 bridgehead atoms. The van der Waals surface area contributed by atoms with E-state index in [0.29, 0.717) is 11.3 Å². The van der Waals surface area contributed by atoms with Crippen LogP contribution in [0.5, 0.6) is 0 Å². The molecular weight excluding hydrogens is 562 g/mol. The molecule has 0 aliphatic heterocycles. The summed E-state index contributed by atoms with van der Waals surface area (Å²) >= 11 is 4.82. The van der Waals surface area contributed by atoms with E-state index in [1.807, 2.05) is 72.8 Å². The van der Waals surface area contributed by atoms with Crippen molar-refractivity contribution < 1.29 is 14.4 Å². The Hall–Kier alpha value is -4.14. The fourth-order valence-electron chi connectivity index (χ4n) is 3.41. The fourth-order valence-corrected chi connectivity index (χ4v) is 4.52. The van der Waals surface area contributed by atoms with Crippen LogP contribution in [0, 0.1) is 0 Å². The van der Waals surface area contributed by atoms with Crippen LogP contribution in [0.3, 0.4) is 0 Å². The van der Waals surface area contributed by atoms with Gasteiger partial charge < -0.3 is 16.0 Å². The Balaban J connectivity index is 1.41. The van der Waals surface area contributed by atoms with Crippen LogP contribution in [0.25, 0.3) is 6.08 Å². The quantitative estimate of drug-likeness (QED) is 0.153. The molecule has 6 nitrogen and oxygen atoms in total. The van der Waals surface area contributed by atoms with Crippen LogP contribution in [0.4, 0.5) is 11.4 Å². The van der Waals surface area contributed by atoms with Gasteiger partial charge >= 0.3 is 0 Å². The SMILES string of the molecule is O=C(CSc1ccc(NC(=O)/C(=C/c2cccc(Br)c2)NC(=O)c2ccccc2)cc1)Nc1ccccc1. The van der Waals surface area contributed by atoms with E-state index in [4.69, 9.17) is 0 Å². The molecule has 0 spiro atoms. The van der Waals surface area contributed by atoms with Gasteiger partial charge in [-0.3, -0.25) is 14.4 Å². The monoisotopic (exact) mass is 585 g/mol. The summed E-state index contributed by atoms with van der Waals surface area (Å²) < 4.78 is 0.853. The van der Waals surface area contributed by atoms with Gasteiger partial charge in [0, 0.05) is 26.3 Å². The predicted molar refractivity (Wildman–Crippen MR) is 157 cm³/mol. The third-order valence-electron chi connectivity index (χ3n) is 5.23. The maximum Gasteiger partial charge on any atom is 0.272 e. The number of carbonyl (C=O) groups is 3. The molecule has 0 radical (unpaired) electrons. The van der Waals surface area contributed by atoms with E-state index < -0.39 is 5.91 Å². The van der Waals surface area contributed by atoms with Crippen LogP contribution in [0.15, 0.2) is 124 Å². The van der Waals surface area contributed by atoms with Crippen LogP contribution < -0.4 is 16.0 Å². The molecule has 4 aromatic rings. The Morgan fingerprint density at radius 1 is 0.737 bits per heavy atom. The van der Waals surface area contributed by atoms with Crippen molar-refractivity contribution in [1.29, 1.82) is 0 Å². The standard InChI is InChI=1S/C30H24BrN3O3S/c31-23-11-7-8-21(18-23)19-27(34-29(36)22-9-3-1-4-10-22)30(37)33-25-14-16-26(17-15-25)38-20-28(35)32-24-12-5-2-6-13-24/h1-19H,20H2,(H,32,35)(H,33,37)(H,34,36)/b27-19-. The average molecular weight is 587 g/mol. The van der Waals surface area contributed by atoms with Gasteiger partial charge in [-0.1, -0.05) is 64.5 Å². The number of anilines is 2. The Labute approximate surface area is 233 Å². The van der Waals surface area contributed by atoms with Gasteiger partial charge in [0.1, 0.15) is 5.70 Å². The molecule has 0 heterocycles. The zero-order valence-electron chi connectivity index (χ0n) is 20.2. The maximum atomic E-state index is 13.2. The lowest BCUT2D eigenvalue weighted by Gasteiger charge is -2.12. The molecule has 0 saturated carbocycles. The number of rotatable bonds is 9. The van der Waals surface area contributed by atoms with Crippen molar-refractivity contribution in [1.82, 2.24) is 5.32 Å². The first kappa shape index (κ1) is 26.9. The highest BCUT2D eigenvalue weighted by molar-refractivity contribution is 9.10. The van der Waals surface area contributed by atoms with Crippen LogP contribution in [-0.4, -0.2) is 23.5 Å². The van der Waals surface area contributed by atoms with Crippen molar-refractivity contribution in [3.8, 4) is 0 Å². The number of benzene rings is 4. The summed E-state index contributed by atoms with van der Waals surface area (Å²) in [5.41, 5.74) is 2.61. The van der Waals surface area contributed by atoms with Gasteiger partial charge in [-0.25, -0.2) is 0 Å².